The van der Waals surface area contributed by atoms with Crippen LogP contribution >= 0.6 is 0 Å². The Morgan fingerprint density at radius 3 is 2.50 bits per heavy atom. The van der Waals surface area contributed by atoms with Crippen molar-refractivity contribution in [1.82, 2.24) is 0 Å². The van der Waals surface area contributed by atoms with Crippen molar-refractivity contribution in [3.05, 3.63) is 34.9 Å². The first-order valence-electron chi connectivity index (χ1n) is 7.47. The van der Waals surface area contributed by atoms with E-state index in [1.807, 2.05) is 0 Å². The van der Waals surface area contributed by atoms with Crippen molar-refractivity contribution in [2.24, 2.45) is 17.3 Å². The molecule has 0 spiro atoms. The minimum absolute atomic E-state index is 0.499. The molecule has 1 aromatic carbocycles. The van der Waals surface area contributed by atoms with Crippen LogP contribution in [0.2, 0.25) is 0 Å². The molecule has 100 valence electrons. The molecule has 0 radical (unpaired) electrons. The van der Waals surface area contributed by atoms with Gasteiger partial charge in [-0.3, -0.25) is 0 Å². The lowest BCUT2D eigenvalue weighted by Gasteiger charge is -2.43. The fraction of sp³-hybridized carbons (Fsp3) is 0.667. The molecule has 1 aliphatic rings. The van der Waals surface area contributed by atoms with Gasteiger partial charge < -0.3 is 0 Å². The summed E-state index contributed by atoms with van der Waals surface area (Å²) < 4.78 is 0. The number of aryl methyl sites for hydroxylation is 2. The van der Waals surface area contributed by atoms with Gasteiger partial charge in [-0.25, -0.2) is 0 Å². The molecule has 1 fully saturated rings. The largest absolute Gasteiger partial charge is 0.0625 e. The third-order valence-corrected chi connectivity index (χ3v) is 5.28. The summed E-state index contributed by atoms with van der Waals surface area (Å²) in [6.07, 6.45) is 5.47. The Morgan fingerprint density at radius 2 is 1.83 bits per heavy atom. The van der Waals surface area contributed by atoms with E-state index < -0.39 is 0 Å². The van der Waals surface area contributed by atoms with Gasteiger partial charge in [0.15, 0.2) is 0 Å². The molecule has 0 N–H and O–H groups in total. The minimum atomic E-state index is 0.499. The molecule has 0 saturated heterocycles. The maximum atomic E-state index is 2.50. The molecule has 3 unspecified atom stereocenters. The molecular weight excluding hydrogens is 216 g/mol. The highest BCUT2D eigenvalue weighted by molar-refractivity contribution is 5.30. The lowest BCUT2D eigenvalue weighted by atomic mass is 9.62. The van der Waals surface area contributed by atoms with Crippen LogP contribution in [0.4, 0.5) is 0 Å². The van der Waals surface area contributed by atoms with E-state index >= 15 is 0 Å². The molecule has 2 rings (SSSR count). The monoisotopic (exact) mass is 244 g/mol. The van der Waals surface area contributed by atoms with E-state index in [1.54, 1.807) is 0 Å². The van der Waals surface area contributed by atoms with Crippen molar-refractivity contribution < 1.29 is 0 Å². The van der Waals surface area contributed by atoms with E-state index in [0.717, 1.165) is 11.8 Å². The van der Waals surface area contributed by atoms with Crippen molar-refractivity contribution >= 4 is 0 Å². The summed E-state index contributed by atoms with van der Waals surface area (Å²) in [4.78, 5) is 0. The van der Waals surface area contributed by atoms with E-state index in [2.05, 4.69) is 52.8 Å². The van der Waals surface area contributed by atoms with E-state index in [4.69, 9.17) is 0 Å². The fourth-order valence-corrected chi connectivity index (χ4v) is 3.61. The zero-order valence-electron chi connectivity index (χ0n) is 12.7. The summed E-state index contributed by atoms with van der Waals surface area (Å²) in [6.45, 7) is 11.8. The van der Waals surface area contributed by atoms with Crippen LogP contribution in [0.15, 0.2) is 18.2 Å². The average Bonchev–Trinajstić information content (AvgIpc) is 2.29. The Morgan fingerprint density at radius 1 is 1.11 bits per heavy atom. The fourth-order valence-electron chi connectivity index (χ4n) is 3.61. The average molecular weight is 244 g/mol. The molecule has 18 heavy (non-hydrogen) atoms. The maximum absolute atomic E-state index is 2.50. The summed E-state index contributed by atoms with van der Waals surface area (Å²) in [5, 5.41) is 0. The zero-order valence-corrected chi connectivity index (χ0v) is 12.7. The summed E-state index contributed by atoms with van der Waals surface area (Å²) in [5.41, 5.74) is 4.88. The first kappa shape index (κ1) is 13.6. The van der Waals surface area contributed by atoms with Crippen molar-refractivity contribution in [2.45, 2.75) is 60.3 Å². The van der Waals surface area contributed by atoms with Gasteiger partial charge in [-0.1, -0.05) is 45.4 Å². The molecule has 1 aliphatic carbocycles. The van der Waals surface area contributed by atoms with Crippen LogP contribution in [-0.2, 0) is 6.42 Å². The second-order valence-electron chi connectivity index (χ2n) is 7.04. The highest BCUT2D eigenvalue weighted by Gasteiger charge is 2.36. The Hall–Kier alpha value is -0.780. The van der Waals surface area contributed by atoms with Crippen LogP contribution in [0.5, 0.6) is 0 Å². The molecule has 0 aliphatic heterocycles. The topological polar surface area (TPSA) is 0 Å². The van der Waals surface area contributed by atoms with E-state index in [-0.39, 0.29) is 0 Å². The van der Waals surface area contributed by atoms with E-state index in [0.29, 0.717) is 5.41 Å². The summed E-state index contributed by atoms with van der Waals surface area (Å²) in [6, 6.07) is 7.01. The van der Waals surface area contributed by atoms with Gasteiger partial charge in [0.05, 0.1) is 0 Å². The quantitative estimate of drug-likeness (QED) is 0.661. The third-order valence-electron chi connectivity index (χ3n) is 5.28. The lowest BCUT2D eigenvalue weighted by molar-refractivity contribution is 0.0946. The second-order valence-corrected chi connectivity index (χ2v) is 7.04. The molecule has 0 amide bonds. The first-order chi connectivity index (χ1) is 8.40. The number of hydrogen-bond acceptors (Lipinski definition) is 0. The Kier molecular flexibility index (Phi) is 3.84. The summed E-state index contributed by atoms with van der Waals surface area (Å²) in [5.74, 6) is 1.76. The van der Waals surface area contributed by atoms with Gasteiger partial charge >= 0.3 is 0 Å². The van der Waals surface area contributed by atoms with Crippen LogP contribution in [-0.4, -0.2) is 0 Å². The molecule has 0 heteroatoms. The third kappa shape index (κ3) is 2.79. The smallest absolute Gasteiger partial charge is 0.0222 e. The van der Waals surface area contributed by atoms with Gasteiger partial charge in [-0.2, -0.15) is 0 Å². The lowest BCUT2D eigenvalue weighted by Crippen LogP contribution is -2.34. The normalized spacial score (nSPS) is 32.5. The van der Waals surface area contributed by atoms with Crippen LogP contribution < -0.4 is 0 Å². The van der Waals surface area contributed by atoms with Crippen molar-refractivity contribution in [1.29, 1.82) is 0 Å². The molecule has 1 aromatic rings. The van der Waals surface area contributed by atoms with Gasteiger partial charge in [0.25, 0.3) is 0 Å². The molecule has 0 heterocycles. The van der Waals surface area contributed by atoms with Crippen molar-refractivity contribution in [3.63, 3.8) is 0 Å². The van der Waals surface area contributed by atoms with Crippen LogP contribution in [0.3, 0.4) is 0 Å². The van der Waals surface area contributed by atoms with Gasteiger partial charge in [-0.15, -0.1) is 0 Å². The predicted octanol–water partition coefficient (Wildman–Crippen LogP) is 5.31. The molecule has 3 atom stereocenters. The van der Waals surface area contributed by atoms with Gasteiger partial charge in [-0.05, 0) is 67.1 Å². The second kappa shape index (κ2) is 5.07. The predicted molar refractivity (Wildman–Crippen MR) is 79.9 cm³/mol. The standard InChI is InChI=1S/C18H28/c1-13-6-8-16(4)18(5,11-13)12-17-9-7-14(2)15(3)10-17/h7,9-10,13,16H,6,8,11-12H2,1-5H3. The molecule has 0 bridgehead atoms. The molecule has 0 aromatic heterocycles. The van der Waals surface area contributed by atoms with Crippen LogP contribution in [0.25, 0.3) is 0 Å². The SMILES string of the molecule is Cc1ccc(CC2(C)CC(C)CCC2C)cc1C. The summed E-state index contributed by atoms with van der Waals surface area (Å²) >= 11 is 0. The Balaban J connectivity index is 2.17. The molecule has 1 saturated carbocycles. The van der Waals surface area contributed by atoms with Gasteiger partial charge in [0.1, 0.15) is 0 Å². The Labute approximate surface area is 113 Å². The zero-order chi connectivity index (χ0) is 13.3. The van der Waals surface area contributed by atoms with E-state index in [1.165, 1.54) is 42.4 Å². The van der Waals surface area contributed by atoms with Gasteiger partial charge in [0, 0.05) is 0 Å². The number of benzene rings is 1. The van der Waals surface area contributed by atoms with Crippen LogP contribution in [0.1, 0.15) is 56.7 Å². The van der Waals surface area contributed by atoms with Gasteiger partial charge in [0.2, 0.25) is 0 Å². The number of hydrogen-bond donors (Lipinski definition) is 0. The van der Waals surface area contributed by atoms with E-state index in [9.17, 15) is 0 Å². The maximum Gasteiger partial charge on any atom is -0.0222 e. The highest BCUT2D eigenvalue weighted by Crippen LogP contribution is 2.45. The number of rotatable bonds is 2. The van der Waals surface area contributed by atoms with Crippen LogP contribution in [0, 0.1) is 31.1 Å². The minimum Gasteiger partial charge on any atom is -0.0625 e. The molecule has 0 nitrogen and oxygen atoms in total. The van der Waals surface area contributed by atoms with Crippen molar-refractivity contribution in [2.75, 3.05) is 0 Å². The Bertz CT molecular complexity index is 418. The molecular formula is C18H28. The highest BCUT2D eigenvalue weighted by atomic mass is 14.4. The first-order valence-corrected chi connectivity index (χ1v) is 7.47. The van der Waals surface area contributed by atoms with Crippen molar-refractivity contribution in [3.8, 4) is 0 Å². The summed E-state index contributed by atoms with van der Waals surface area (Å²) in [7, 11) is 0.